The number of rotatable bonds is 5. The molecular formula is C12H14ClFN2O. The average molecular weight is 257 g/mol. The van der Waals surface area contributed by atoms with Crippen LogP contribution in [-0.4, -0.2) is 12.5 Å². The molecule has 92 valence electrons. The summed E-state index contributed by atoms with van der Waals surface area (Å²) in [4.78, 5) is 11.4. The molecule has 1 aromatic rings. The number of hydrogen-bond acceptors (Lipinski definition) is 2. The van der Waals surface area contributed by atoms with Gasteiger partial charge in [0.05, 0.1) is 5.02 Å². The second-order valence-electron chi connectivity index (χ2n) is 4.36. The highest BCUT2D eigenvalue weighted by molar-refractivity contribution is 6.30. The maximum absolute atomic E-state index is 13.0. The third-order valence-electron chi connectivity index (χ3n) is 2.87. The van der Waals surface area contributed by atoms with Crippen molar-refractivity contribution in [1.29, 1.82) is 0 Å². The summed E-state index contributed by atoms with van der Waals surface area (Å²) < 4.78 is 13.0. The van der Waals surface area contributed by atoms with Gasteiger partial charge in [-0.15, -0.1) is 0 Å². The summed E-state index contributed by atoms with van der Waals surface area (Å²) in [5, 5.41) is 3.09. The lowest BCUT2D eigenvalue weighted by atomic mass is 10.1. The zero-order chi connectivity index (χ0) is 12.4. The number of amides is 1. The molecule has 3 N–H and O–H groups in total. The molecule has 17 heavy (non-hydrogen) atoms. The van der Waals surface area contributed by atoms with Crippen LogP contribution >= 0.6 is 11.6 Å². The minimum atomic E-state index is -0.603. The van der Waals surface area contributed by atoms with Crippen molar-refractivity contribution in [3.05, 3.63) is 34.6 Å². The minimum absolute atomic E-state index is 0.00183. The maximum Gasteiger partial charge on any atom is 0.239 e. The van der Waals surface area contributed by atoms with E-state index in [9.17, 15) is 9.18 Å². The quantitative estimate of drug-likeness (QED) is 0.847. The predicted molar refractivity (Wildman–Crippen MR) is 64.1 cm³/mol. The summed E-state index contributed by atoms with van der Waals surface area (Å²) in [6.45, 7) is 0.753. The van der Waals surface area contributed by atoms with Crippen LogP contribution in [0.4, 0.5) is 4.39 Å². The van der Waals surface area contributed by atoms with Gasteiger partial charge in [0.25, 0.3) is 0 Å². The van der Waals surface area contributed by atoms with E-state index < -0.39 is 17.8 Å². The monoisotopic (exact) mass is 256 g/mol. The fourth-order valence-corrected chi connectivity index (χ4v) is 1.87. The Balaban J connectivity index is 2.12. The van der Waals surface area contributed by atoms with Crippen LogP contribution in [0.15, 0.2) is 18.2 Å². The highest BCUT2D eigenvalue weighted by Gasteiger charge is 2.25. The van der Waals surface area contributed by atoms with Crippen molar-refractivity contribution >= 4 is 17.5 Å². The van der Waals surface area contributed by atoms with Crippen molar-refractivity contribution in [1.82, 2.24) is 5.32 Å². The third kappa shape index (κ3) is 3.17. The number of halogens is 2. The molecule has 0 heterocycles. The van der Waals surface area contributed by atoms with Crippen molar-refractivity contribution in [2.45, 2.75) is 18.9 Å². The van der Waals surface area contributed by atoms with Crippen molar-refractivity contribution < 1.29 is 9.18 Å². The van der Waals surface area contributed by atoms with E-state index in [1.165, 1.54) is 31.0 Å². The lowest BCUT2D eigenvalue weighted by Crippen LogP contribution is -2.34. The van der Waals surface area contributed by atoms with E-state index >= 15 is 0 Å². The molecule has 5 heteroatoms. The van der Waals surface area contributed by atoms with E-state index in [0.717, 1.165) is 6.54 Å². The second kappa shape index (κ2) is 5.02. The minimum Gasteiger partial charge on any atom is -0.368 e. The maximum atomic E-state index is 13.0. The fraction of sp³-hybridized carbons (Fsp3) is 0.417. The van der Waals surface area contributed by atoms with Gasteiger partial charge in [-0.1, -0.05) is 17.7 Å². The van der Waals surface area contributed by atoms with Gasteiger partial charge in [-0.3, -0.25) is 4.79 Å². The van der Waals surface area contributed by atoms with E-state index in [-0.39, 0.29) is 5.02 Å². The summed E-state index contributed by atoms with van der Waals surface area (Å²) in [7, 11) is 0. The topological polar surface area (TPSA) is 55.1 Å². The number of nitrogens with one attached hydrogen (secondary N) is 1. The van der Waals surface area contributed by atoms with Crippen molar-refractivity contribution in [2.24, 2.45) is 11.7 Å². The van der Waals surface area contributed by atoms with Crippen LogP contribution in [0, 0.1) is 11.7 Å². The average Bonchev–Trinajstić information content (AvgIpc) is 3.07. The first-order valence-corrected chi connectivity index (χ1v) is 5.93. The summed E-state index contributed by atoms with van der Waals surface area (Å²) in [5.41, 5.74) is 5.93. The number of hydrogen-bond donors (Lipinski definition) is 2. The van der Waals surface area contributed by atoms with Gasteiger partial charge in [0.1, 0.15) is 11.9 Å². The van der Waals surface area contributed by atoms with Gasteiger partial charge in [-0.05, 0) is 43.0 Å². The van der Waals surface area contributed by atoms with Crippen LogP contribution in [-0.2, 0) is 4.79 Å². The number of carbonyl (C=O) groups excluding carboxylic acids is 1. The molecule has 3 nitrogen and oxygen atoms in total. The number of carbonyl (C=O) groups is 1. The van der Waals surface area contributed by atoms with Gasteiger partial charge in [0.15, 0.2) is 0 Å². The Morgan fingerprint density at radius 2 is 2.29 bits per heavy atom. The number of benzene rings is 1. The zero-order valence-corrected chi connectivity index (χ0v) is 10.0. The van der Waals surface area contributed by atoms with Gasteiger partial charge in [0.2, 0.25) is 5.91 Å². The molecule has 0 aliphatic heterocycles. The SMILES string of the molecule is NC(=O)C(NCC1CC1)c1ccc(F)c(Cl)c1. The smallest absolute Gasteiger partial charge is 0.239 e. The first-order chi connectivity index (χ1) is 8.08. The fourth-order valence-electron chi connectivity index (χ4n) is 1.68. The highest BCUT2D eigenvalue weighted by Crippen LogP contribution is 2.29. The third-order valence-corrected chi connectivity index (χ3v) is 3.16. The Morgan fingerprint density at radius 3 is 2.82 bits per heavy atom. The molecule has 0 radical (unpaired) electrons. The summed E-state index contributed by atoms with van der Waals surface area (Å²) in [6.07, 6.45) is 2.37. The molecule has 1 aromatic carbocycles. The van der Waals surface area contributed by atoms with Gasteiger partial charge < -0.3 is 11.1 Å². The van der Waals surface area contributed by atoms with Crippen LogP contribution in [0.5, 0.6) is 0 Å². The molecule has 1 fully saturated rings. The van der Waals surface area contributed by atoms with Gasteiger partial charge in [0, 0.05) is 0 Å². The molecular weight excluding hydrogens is 243 g/mol. The normalized spacial score (nSPS) is 16.8. The molecule has 1 unspecified atom stereocenters. The Hall–Kier alpha value is -1.13. The molecule has 1 aliphatic carbocycles. The molecule has 1 atom stereocenters. The molecule has 2 rings (SSSR count). The zero-order valence-electron chi connectivity index (χ0n) is 9.25. The molecule has 1 amide bonds. The number of nitrogens with two attached hydrogens (primary N) is 1. The van der Waals surface area contributed by atoms with Crippen LogP contribution < -0.4 is 11.1 Å². The molecule has 1 saturated carbocycles. The van der Waals surface area contributed by atoms with E-state index in [0.29, 0.717) is 11.5 Å². The van der Waals surface area contributed by atoms with Crippen LogP contribution in [0.2, 0.25) is 5.02 Å². The van der Waals surface area contributed by atoms with Crippen LogP contribution in [0.3, 0.4) is 0 Å². The van der Waals surface area contributed by atoms with Crippen molar-refractivity contribution in [3.8, 4) is 0 Å². The van der Waals surface area contributed by atoms with Crippen LogP contribution in [0.25, 0.3) is 0 Å². The summed E-state index contributed by atoms with van der Waals surface area (Å²) >= 11 is 5.68. The second-order valence-corrected chi connectivity index (χ2v) is 4.77. The Bertz CT molecular complexity index is 435. The molecule has 0 spiro atoms. The van der Waals surface area contributed by atoms with Crippen molar-refractivity contribution in [2.75, 3.05) is 6.54 Å². The summed E-state index contributed by atoms with van der Waals surface area (Å²) in [6, 6.07) is 3.60. The van der Waals surface area contributed by atoms with E-state index in [2.05, 4.69) is 5.32 Å². The molecule has 1 aliphatic rings. The Labute approximate surface area is 104 Å². The van der Waals surface area contributed by atoms with E-state index in [1.807, 2.05) is 0 Å². The van der Waals surface area contributed by atoms with E-state index in [1.54, 1.807) is 0 Å². The van der Waals surface area contributed by atoms with E-state index in [4.69, 9.17) is 17.3 Å². The Morgan fingerprint density at radius 1 is 1.59 bits per heavy atom. The lowest BCUT2D eigenvalue weighted by molar-refractivity contribution is -0.120. The first-order valence-electron chi connectivity index (χ1n) is 5.55. The number of primary amides is 1. The standard InChI is InChI=1S/C12H14ClFN2O/c13-9-5-8(3-4-10(9)14)11(12(15)17)16-6-7-1-2-7/h3-5,7,11,16H,1-2,6H2,(H2,15,17). The van der Waals surface area contributed by atoms with Gasteiger partial charge in [-0.2, -0.15) is 0 Å². The molecule has 0 saturated heterocycles. The van der Waals surface area contributed by atoms with Crippen molar-refractivity contribution in [3.63, 3.8) is 0 Å². The predicted octanol–water partition coefficient (Wildman–Crippen LogP) is 2.01. The Kier molecular flexibility index (Phi) is 3.64. The molecule has 0 aromatic heterocycles. The van der Waals surface area contributed by atoms with Gasteiger partial charge >= 0.3 is 0 Å². The lowest BCUT2D eigenvalue weighted by Gasteiger charge is -2.16. The summed E-state index contributed by atoms with van der Waals surface area (Å²) in [5.74, 6) is -0.345. The van der Waals surface area contributed by atoms with Crippen LogP contribution in [0.1, 0.15) is 24.4 Å². The largest absolute Gasteiger partial charge is 0.368 e. The highest BCUT2D eigenvalue weighted by atomic mass is 35.5. The first kappa shape index (κ1) is 12.3. The molecule has 0 bridgehead atoms. The van der Waals surface area contributed by atoms with Gasteiger partial charge in [-0.25, -0.2) is 4.39 Å².